The molecule has 0 radical (unpaired) electrons. The Morgan fingerprint density at radius 1 is 1.38 bits per heavy atom. The van der Waals surface area contributed by atoms with E-state index in [9.17, 15) is 4.79 Å². The number of hydrogen-bond acceptors (Lipinski definition) is 4. The molecule has 1 amide bonds. The molecule has 3 aromatic rings. The summed E-state index contributed by atoms with van der Waals surface area (Å²) in [6.45, 7) is 0.264. The van der Waals surface area contributed by atoms with Crippen LogP contribution in [0.2, 0.25) is 0 Å². The molecule has 2 heterocycles. The highest BCUT2D eigenvalue weighted by molar-refractivity contribution is 7.12. The van der Waals surface area contributed by atoms with Gasteiger partial charge in [-0.3, -0.25) is 10.1 Å². The normalized spacial score (nSPS) is 10.1. The van der Waals surface area contributed by atoms with Gasteiger partial charge >= 0.3 is 0 Å². The van der Waals surface area contributed by atoms with Gasteiger partial charge in [0.1, 0.15) is 4.88 Å². The predicted molar refractivity (Wildman–Crippen MR) is 84.3 cm³/mol. The summed E-state index contributed by atoms with van der Waals surface area (Å²) in [5.41, 5.74) is 7.72. The Morgan fingerprint density at radius 3 is 3.05 bits per heavy atom. The molecule has 0 aliphatic heterocycles. The molecular formula is C15H12N4OS. The summed E-state index contributed by atoms with van der Waals surface area (Å²) in [7, 11) is 0. The van der Waals surface area contributed by atoms with Gasteiger partial charge in [-0.1, -0.05) is 24.0 Å². The number of para-hydroxylation sites is 2. The second kappa shape index (κ2) is 5.79. The van der Waals surface area contributed by atoms with Crippen LogP contribution < -0.4 is 11.1 Å². The predicted octanol–water partition coefficient (Wildman–Crippen LogP) is 2.19. The van der Waals surface area contributed by atoms with Crippen molar-refractivity contribution in [3.63, 3.8) is 0 Å². The molecule has 1 aromatic carbocycles. The lowest BCUT2D eigenvalue weighted by Crippen LogP contribution is -2.12. The van der Waals surface area contributed by atoms with Gasteiger partial charge in [0.25, 0.3) is 5.91 Å². The lowest BCUT2D eigenvalue weighted by Gasteiger charge is -1.99. The summed E-state index contributed by atoms with van der Waals surface area (Å²) in [6, 6.07) is 9.40. The third-order valence-corrected chi connectivity index (χ3v) is 3.73. The SMILES string of the molecule is NCC#Cc1ccsc1C(=O)Nc1nc2ccccc2[nH]1. The van der Waals surface area contributed by atoms with Crippen LogP contribution in [0.1, 0.15) is 15.2 Å². The molecule has 0 saturated carbocycles. The van der Waals surface area contributed by atoms with E-state index < -0.39 is 0 Å². The average Bonchev–Trinajstić information content (AvgIpc) is 3.10. The Bertz CT molecular complexity index is 820. The molecule has 4 N–H and O–H groups in total. The van der Waals surface area contributed by atoms with Crippen LogP contribution in [-0.4, -0.2) is 22.4 Å². The van der Waals surface area contributed by atoms with Crippen molar-refractivity contribution in [2.45, 2.75) is 0 Å². The number of hydrogen-bond donors (Lipinski definition) is 3. The molecule has 0 unspecified atom stereocenters. The van der Waals surface area contributed by atoms with Crippen molar-refractivity contribution in [1.29, 1.82) is 0 Å². The van der Waals surface area contributed by atoms with Crippen molar-refractivity contribution in [3.8, 4) is 11.8 Å². The Morgan fingerprint density at radius 2 is 2.24 bits per heavy atom. The van der Waals surface area contributed by atoms with Gasteiger partial charge in [0.2, 0.25) is 5.95 Å². The van der Waals surface area contributed by atoms with Gasteiger partial charge in [0.05, 0.1) is 17.6 Å². The zero-order valence-electron chi connectivity index (χ0n) is 11.0. The van der Waals surface area contributed by atoms with E-state index in [4.69, 9.17) is 5.73 Å². The number of benzene rings is 1. The van der Waals surface area contributed by atoms with E-state index in [1.165, 1.54) is 11.3 Å². The Kier molecular flexibility index (Phi) is 3.69. The molecule has 0 atom stereocenters. The van der Waals surface area contributed by atoms with Gasteiger partial charge in [-0.25, -0.2) is 4.98 Å². The van der Waals surface area contributed by atoms with Crippen molar-refractivity contribution < 1.29 is 4.79 Å². The van der Waals surface area contributed by atoms with E-state index in [0.29, 0.717) is 16.4 Å². The minimum absolute atomic E-state index is 0.231. The Labute approximate surface area is 125 Å². The van der Waals surface area contributed by atoms with E-state index in [-0.39, 0.29) is 12.5 Å². The maximum absolute atomic E-state index is 12.3. The van der Waals surface area contributed by atoms with Crippen LogP contribution in [-0.2, 0) is 0 Å². The first-order valence-corrected chi connectivity index (χ1v) is 7.18. The fourth-order valence-electron chi connectivity index (χ4n) is 1.91. The topological polar surface area (TPSA) is 83.8 Å². The number of nitrogens with one attached hydrogen (secondary N) is 2. The van der Waals surface area contributed by atoms with Gasteiger partial charge in [-0.15, -0.1) is 11.3 Å². The van der Waals surface area contributed by atoms with E-state index in [0.717, 1.165) is 11.0 Å². The van der Waals surface area contributed by atoms with Gasteiger partial charge < -0.3 is 10.7 Å². The number of carbonyl (C=O) groups is 1. The van der Waals surface area contributed by atoms with Crippen molar-refractivity contribution >= 4 is 34.2 Å². The molecular weight excluding hydrogens is 284 g/mol. The summed E-state index contributed by atoms with van der Waals surface area (Å²) < 4.78 is 0. The summed E-state index contributed by atoms with van der Waals surface area (Å²) in [5.74, 6) is 5.83. The van der Waals surface area contributed by atoms with Crippen molar-refractivity contribution in [2.24, 2.45) is 5.73 Å². The number of imidazole rings is 1. The zero-order valence-corrected chi connectivity index (χ0v) is 11.8. The minimum Gasteiger partial charge on any atom is -0.324 e. The number of anilines is 1. The molecule has 0 aliphatic rings. The van der Waals surface area contributed by atoms with E-state index in [2.05, 4.69) is 27.1 Å². The van der Waals surface area contributed by atoms with Crippen LogP contribution in [0.25, 0.3) is 11.0 Å². The van der Waals surface area contributed by atoms with Crippen LogP contribution in [0.3, 0.4) is 0 Å². The van der Waals surface area contributed by atoms with Crippen molar-refractivity contribution in [1.82, 2.24) is 9.97 Å². The maximum Gasteiger partial charge on any atom is 0.269 e. The zero-order chi connectivity index (χ0) is 14.7. The molecule has 2 aromatic heterocycles. The van der Waals surface area contributed by atoms with Crippen molar-refractivity contribution in [3.05, 3.63) is 46.2 Å². The fourth-order valence-corrected chi connectivity index (χ4v) is 2.65. The van der Waals surface area contributed by atoms with E-state index in [1.54, 1.807) is 6.07 Å². The quantitative estimate of drug-likeness (QED) is 0.634. The smallest absolute Gasteiger partial charge is 0.269 e. The lowest BCUT2D eigenvalue weighted by atomic mass is 10.2. The van der Waals surface area contributed by atoms with Gasteiger partial charge in [-0.2, -0.15) is 0 Å². The number of carbonyl (C=O) groups excluding carboxylic acids is 1. The summed E-state index contributed by atoms with van der Waals surface area (Å²) in [5, 5.41) is 4.58. The Balaban J connectivity index is 1.84. The fraction of sp³-hybridized carbons (Fsp3) is 0.0667. The number of aromatic nitrogens is 2. The highest BCUT2D eigenvalue weighted by atomic mass is 32.1. The second-order valence-electron chi connectivity index (χ2n) is 4.23. The van der Waals surface area contributed by atoms with Crippen LogP contribution >= 0.6 is 11.3 Å². The summed E-state index contributed by atoms with van der Waals surface area (Å²) in [6.07, 6.45) is 0. The van der Waals surface area contributed by atoms with Crippen LogP contribution in [0.4, 0.5) is 5.95 Å². The highest BCUT2D eigenvalue weighted by Crippen LogP contribution is 2.18. The van der Waals surface area contributed by atoms with Gasteiger partial charge in [-0.05, 0) is 23.6 Å². The van der Waals surface area contributed by atoms with Crippen LogP contribution in [0.15, 0.2) is 35.7 Å². The first-order valence-electron chi connectivity index (χ1n) is 6.30. The molecule has 5 nitrogen and oxygen atoms in total. The number of nitrogens with two attached hydrogens (primary N) is 1. The van der Waals surface area contributed by atoms with E-state index in [1.807, 2.05) is 29.6 Å². The molecule has 0 aliphatic carbocycles. The van der Waals surface area contributed by atoms with Crippen LogP contribution in [0.5, 0.6) is 0 Å². The molecule has 0 fully saturated rings. The monoisotopic (exact) mass is 296 g/mol. The number of amides is 1. The van der Waals surface area contributed by atoms with E-state index >= 15 is 0 Å². The summed E-state index contributed by atoms with van der Waals surface area (Å²) in [4.78, 5) is 20.2. The van der Waals surface area contributed by atoms with Gasteiger partial charge in [0.15, 0.2) is 0 Å². The molecule has 6 heteroatoms. The third-order valence-electron chi connectivity index (χ3n) is 2.82. The Hall–Kier alpha value is -2.62. The number of thiophene rings is 1. The molecule has 104 valence electrons. The molecule has 0 saturated heterocycles. The molecule has 0 spiro atoms. The number of fused-ring (bicyclic) bond motifs is 1. The van der Waals surface area contributed by atoms with Crippen molar-refractivity contribution in [2.75, 3.05) is 11.9 Å². The number of aromatic amines is 1. The molecule has 21 heavy (non-hydrogen) atoms. The minimum atomic E-state index is -0.231. The third kappa shape index (κ3) is 2.79. The largest absolute Gasteiger partial charge is 0.324 e. The number of H-pyrrole nitrogens is 1. The summed E-state index contributed by atoms with van der Waals surface area (Å²) >= 11 is 1.34. The first-order chi connectivity index (χ1) is 10.3. The second-order valence-corrected chi connectivity index (χ2v) is 5.14. The lowest BCUT2D eigenvalue weighted by molar-refractivity contribution is 0.102. The van der Waals surface area contributed by atoms with Gasteiger partial charge in [0, 0.05) is 5.56 Å². The average molecular weight is 296 g/mol. The highest BCUT2D eigenvalue weighted by Gasteiger charge is 2.14. The van der Waals surface area contributed by atoms with Crippen LogP contribution in [0, 0.1) is 11.8 Å². The number of rotatable bonds is 2. The maximum atomic E-state index is 12.3. The standard InChI is InChI=1S/C15H12N4OS/c16-8-3-4-10-7-9-21-13(10)14(20)19-15-17-11-5-1-2-6-12(11)18-15/h1-2,5-7,9H,8,16H2,(H2,17,18,19,20). The number of nitrogens with zero attached hydrogens (tertiary/aromatic N) is 1. The molecule has 3 rings (SSSR count). The first kappa shape index (κ1) is 13.4. The molecule has 0 bridgehead atoms.